The zero-order valence-electron chi connectivity index (χ0n) is 20.2. The van der Waals surface area contributed by atoms with Gasteiger partial charge in [0.15, 0.2) is 5.96 Å². The van der Waals surface area contributed by atoms with E-state index < -0.39 is 78.5 Å². The van der Waals surface area contributed by atoms with Crippen molar-refractivity contribution in [3.05, 3.63) is 0 Å². The topological polar surface area (TPSA) is 295 Å². The number of aliphatic imine (C=N–C) groups is 1. The van der Waals surface area contributed by atoms with E-state index in [1.165, 1.54) is 0 Å². The van der Waals surface area contributed by atoms with Crippen molar-refractivity contribution < 1.29 is 39.0 Å². The molecule has 0 radical (unpaired) electrons. The Morgan fingerprint density at radius 2 is 1.36 bits per heavy atom. The maximum atomic E-state index is 13.0. The molecule has 0 aliphatic heterocycles. The van der Waals surface area contributed by atoms with Crippen molar-refractivity contribution in [1.29, 1.82) is 0 Å². The quantitative estimate of drug-likeness (QED) is 0.0514. The Labute approximate surface area is 207 Å². The number of carboxylic acids is 2. The number of nitrogens with one attached hydrogen (secondary N) is 3. The minimum absolute atomic E-state index is 0.0192. The number of rotatable bonds is 17. The van der Waals surface area contributed by atoms with Crippen LogP contribution in [-0.2, 0) is 28.8 Å². The molecule has 0 aromatic heterocycles. The lowest BCUT2D eigenvalue weighted by atomic mass is 10.0. The van der Waals surface area contributed by atoms with Gasteiger partial charge in [0.2, 0.25) is 23.6 Å². The second-order valence-electron chi connectivity index (χ2n) is 8.35. The molecule has 16 nitrogen and oxygen atoms in total. The third kappa shape index (κ3) is 13.1. The molecule has 4 amide bonds. The van der Waals surface area contributed by atoms with Gasteiger partial charge in [0.25, 0.3) is 0 Å². The number of carboxylic acid groups (broad SMARTS) is 2. The molecule has 4 atom stereocenters. The highest BCUT2D eigenvalue weighted by atomic mass is 16.4. The zero-order chi connectivity index (χ0) is 28.0. The maximum Gasteiger partial charge on any atom is 0.326 e. The van der Waals surface area contributed by atoms with Crippen molar-refractivity contribution in [3.8, 4) is 0 Å². The summed E-state index contributed by atoms with van der Waals surface area (Å²) < 4.78 is 0. The average molecular weight is 517 g/mol. The highest BCUT2D eigenvalue weighted by Gasteiger charge is 2.31. The first-order valence-corrected chi connectivity index (χ1v) is 11.1. The lowest BCUT2D eigenvalue weighted by Gasteiger charge is -2.25. The van der Waals surface area contributed by atoms with Crippen LogP contribution < -0.4 is 38.9 Å². The molecular formula is C20H36N8O8. The number of carbonyl (C=O) groups excluding carboxylic acids is 4. The van der Waals surface area contributed by atoms with Crippen molar-refractivity contribution in [3.63, 3.8) is 0 Å². The van der Waals surface area contributed by atoms with Crippen LogP contribution in [0.1, 0.15) is 46.0 Å². The predicted molar refractivity (Wildman–Crippen MR) is 127 cm³/mol. The van der Waals surface area contributed by atoms with Gasteiger partial charge in [-0.2, -0.15) is 0 Å². The first kappa shape index (κ1) is 32.0. The Bertz CT molecular complexity index is 844. The summed E-state index contributed by atoms with van der Waals surface area (Å²) in [6.07, 6.45) is -1.16. The summed E-state index contributed by atoms with van der Waals surface area (Å²) in [6.45, 7) is 3.22. The molecule has 16 heteroatoms. The highest BCUT2D eigenvalue weighted by Crippen LogP contribution is 2.07. The largest absolute Gasteiger partial charge is 0.481 e. The fraction of sp³-hybridized carbons (Fsp3) is 0.650. The maximum absolute atomic E-state index is 13.0. The second kappa shape index (κ2) is 15.9. The van der Waals surface area contributed by atoms with Crippen LogP contribution in [0.15, 0.2) is 4.99 Å². The Kier molecular flexibility index (Phi) is 14.1. The van der Waals surface area contributed by atoms with Crippen molar-refractivity contribution in [2.45, 2.75) is 70.1 Å². The molecule has 0 aromatic rings. The van der Waals surface area contributed by atoms with E-state index in [0.717, 1.165) is 0 Å². The van der Waals surface area contributed by atoms with Crippen LogP contribution in [-0.4, -0.2) is 82.5 Å². The first-order valence-electron chi connectivity index (χ1n) is 11.1. The molecule has 0 bridgehead atoms. The van der Waals surface area contributed by atoms with Gasteiger partial charge in [-0.1, -0.05) is 13.8 Å². The fourth-order valence-corrected chi connectivity index (χ4v) is 2.94. The first-order chi connectivity index (χ1) is 16.6. The molecule has 0 saturated heterocycles. The average Bonchev–Trinajstić information content (AvgIpc) is 2.75. The van der Waals surface area contributed by atoms with Gasteiger partial charge in [-0.15, -0.1) is 0 Å². The molecule has 204 valence electrons. The van der Waals surface area contributed by atoms with Crippen LogP contribution in [0.3, 0.4) is 0 Å². The van der Waals surface area contributed by atoms with Gasteiger partial charge in [-0.05, 0) is 25.2 Å². The van der Waals surface area contributed by atoms with E-state index in [1.54, 1.807) is 13.8 Å². The van der Waals surface area contributed by atoms with E-state index in [-0.39, 0.29) is 31.8 Å². The summed E-state index contributed by atoms with van der Waals surface area (Å²) in [5.41, 5.74) is 21.2. The lowest BCUT2D eigenvalue weighted by Crippen LogP contribution is -2.57. The molecule has 0 aliphatic rings. The van der Waals surface area contributed by atoms with Crippen molar-refractivity contribution in [2.24, 2.45) is 33.8 Å². The van der Waals surface area contributed by atoms with E-state index in [9.17, 15) is 33.9 Å². The fourth-order valence-electron chi connectivity index (χ4n) is 2.94. The molecule has 0 aliphatic carbocycles. The van der Waals surface area contributed by atoms with Gasteiger partial charge in [-0.3, -0.25) is 29.0 Å². The molecular weight excluding hydrogens is 480 g/mol. The van der Waals surface area contributed by atoms with Gasteiger partial charge < -0.3 is 49.1 Å². The van der Waals surface area contributed by atoms with E-state index in [2.05, 4.69) is 20.9 Å². The van der Waals surface area contributed by atoms with Crippen LogP contribution in [0.5, 0.6) is 0 Å². The predicted octanol–water partition coefficient (Wildman–Crippen LogP) is -3.70. The van der Waals surface area contributed by atoms with Crippen LogP contribution in [0.2, 0.25) is 0 Å². The monoisotopic (exact) mass is 516 g/mol. The van der Waals surface area contributed by atoms with Crippen molar-refractivity contribution >= 4 is 41.5 Å². The number of amides is 4. The van der Waals surface area contributed by atoms with Gasteiger partial charge in [0, 0.05) is 13.0 Å². The normalized spacial score (nSPS) is 14.0. The highest BCUT2D eigenvalue weighted by molar-refractivity contribution is 5.95. The molecule has 0 fully saturated rings. The Morgan fingerprint density at radius 3 is 1.83 bits per heavy atom. The number of guanidine groups is 1. The number of nitrogens with two attached hydrogens (primary N) is 4. The van der Waals surface area contributed by atoms with Crippen LogP contribution >= 0.6 is 0 Å². The molecule has 0 aromatic carbocycles. The Morgan fingerprint density at radius 1 is 0.833 bits per heavy atom. The molecule has 13 N–H and O–H groups in total. The minimum atomic E-state index is -1.43. The van der Waals surface area contributed by atoms with Gasteiger partial charge >= 0.3 is 11.9 Å². The van der Waals surface area contributed by atoms with Gasteiger partial charge in [0.1, 0.15) is 18.1 Å². The van der Waals surface area contributed by atoms with Crippen molar-refractivity contribution in [1.82, 2.24) is 16.0 Å². The van der Waals surface area contributed by atoms with Gasteiger partial charge in [-0.25, -0.2) is 4.79 Å². The summed E-state index contributed by atoms with van der Waals surface area (Å²) in [5.74, 6) is -6.75. The number of carbonyl (C=O) groups is 6. The zero-order valence-corrected chi connectivity index (χ0v) is 20.2. The number of aliphatic carboxylic acids is 2. The standard InChI is InChI=1S/C20H36N8O8/c1-9(2)15(19(35)36)28-18(34)12(5-6-14(30)31)27-17(33)11(4-3-7-25-20(23)24)26-16(32)10(21)8-13(22)29/h9-12,15H,3-8,21H2,1-2H3,(H2,22,29)(H,26,32)(H,27,33)(H,28,34)(H,30,31)(H,35,36)(H4,23,24,25). The summed E-state index contributed by atoms with van der Waals surface area (Å²) in [4.78, 5) is 75.4. The molecule has 36 heavy (non-hydrogen) atoms. The third-order valence-electron chi connectivity index (χ3n) is 4.85. The van der Waals surface area contributed by atoms with Crippen LogP contribution in [0, 0.1) is 5.92 Å². The molecule has 0 heterocycles. The number of hydrogen-bond donors (Lipinski definition) is 9. The smallest absolute Gasteiger partial charge is 0.326 e. The lowest BCUT2D eigenvalue weighted by molar-refractivity contribution is -0.144. The van der Waals surface area contributed by atoms with Crippen LogP contribution in [0.25, 0.3) is 0 Å². The molecule has 0 spiro atoms. The van der Waals surface area contributed by atoms with Gasteiger partial charge in [0.05, 0.1) is 12.5 Å². The second-order valence-corrected chi connectivity index (χ2v) is 8.35. The van der Waals surface area contributed by atoms with E-state index >= 15 is 0 Å². The SMILES string of the molecule is CC(C)C(NC(=O)C(CCC(=O)O)NC(=O)C(CCCN=C(N)N)NC(=O)C(N)CC(N)=O)C(=O)O. The number of primary amides is 1. The Hall–Kier alpha value is -3.95. The number of hydrogen-bond acceptors (Lipinski definition) is 8. The molecule has 4 unspecified atom stereocenters. The van der Waals surface area contributed by atoms with E-state index in [0.29, 0.717) is 0 Å². The Balaban J connectivity index is 5.69. The minimum Gasteiger partial charge on any atom is -0.481 e. The summed E-state index contributed by atoms with van der Waals surface area (Å²) in [6, 6.07) is -5.33. The third-order valence-corrected chi connectivity index (χ3v) is 4.85. The van der Waals surface area contributed by atoms with E-state index in [4.69, 9.17) is 28.0 Å². The summed E-state index contributed by atoms with van der Waals surface area (Å²) in [7, 11) is 0. The molecule has 0 rings (SSSR count). The summed E-state index contributed by atoms with van der Waals surface area (Å²) in [5, 5.41) is 25.3. The number of nitrogens with zero attached hydrogens (tertiary/aromatic N) is 1. The van der Waals surface area contributed by atoms with Crippen LogP contribution in [0.4, 0.5) is 0 Å². The molecule has 0 saturated carbocycles. The van der Waals surface area contributed by atoms with E-state index in [1.807, 2.05) is 0 Å². The van der Waals surface area contributed by atoms with Crippen molar-refractivity contribution in [2.75, 3.05) is 6.54 Å². The summed E-state index contributed by atoms with van der Waals surface area (Å²) >= 11 is 0.